The van der Waals surface area contributed by atoms with Crippen molar-refractivity contribution in [3.05, 3.63) is 54.0 Å². The second-order valence-electron chi connectivity index (χ2n) is 6.56. The molecule has 0 aromatic carbocycles. The molecule has 25 heavy (non-hydrogen) atoms. The highest BCUT2D eigenvalue weighted by molar-refractivity contribution is 5.78. The van der Waals surface area contributed by atoms with Crippen LogP contribution >= 0.6 is 0 Å². The third-order valence-corrected chi connectivity index (χ3v) is 4.59. The normalized spacial score (nSPS) is 15.3. The van der Waals surface area contributed by atoms with Crippen molar-refractivity contribution in [3.8, 4) is 0 Å². The van der Waals surface area contributed by atoms with Gasteiger partial charge in [0.2, 0.25) is 5.91 Å². The zero-order valence-electron chi connectivity index (χ0n) is 14.7. The van der Waals surface area contributed by atoms with Crippen LogP contribution in [0.25, 0.3) is 0 Å². The van der Waals surface area contributed by atoms with E-state index in [0.29, 0.717) is 13.0 Å². The molecule has 0 bridgehead atoms. The maximum atomic E-state index is 12.2. The van der Waals surface area contributed by atoms with E-state index >= 15 is 0 Å². The molecule has 1 fully saturated rings. The first-order chi connectivity index (χ1) is 12.3. The van der Waals surface area contributed by atoms with Crippen LogP contribution in [0, 0.1) is 0 Å². The summed E-state index contributed by atoms with van der Waals surface area (Å²) >= 11 is 0. The van der Waals surface area contributed by atoms with E-state index in [-0.39, 0.29) is 5.91 Å². The van der Waals surface area contributed by atoms with Gasteiger partial charge in [-0.3, -0.25) is 9.78 Å². The zero-order chi connectivity index (χ0) is 17.3. The molecular weight excluding hydrogens is 312 g/mol. The predicted octanol–water partition coefficient (Wildman–Crippen LogP) is 3.11. The molecule has 0 radical (unpaired) electrons. The maximum Gasteiger partial charge on any atom is 0.224 e. The van der Waals surface area contributed by atoms with Crippen molar-refractivity contribution in [3.63, 3.8) is 0 Å². The summed E-state index contributed by atoms with van der Waals surface area (Å²) in [6, 6.07) is 7.77. The molecule has 1 aliphatic heterocycles. The number of aromatic nitrogens is 2. The van der Waals surface area contributed by atoms with Crippen LogP contribution in [0.1, 0.15) is 43.2 Å². The molecule has 132 valence electrons. The van der Waals surface area contributed by atoms with Crippen LogP contribution in [0.2, 0.25) is 0 Å². The third-order valence-electron chi connectivity index (χ3n) is 4.59. The van der Waals surface area contributed by atoms with Crippen molar-refractivity contribution in [2.75, 3.05) is 18.0 Å². The average Bonchev–Trinajstić information content (AvgIpc) is 2.61. The number of hydrogen-bond donors (Lipinski definition) is 1. The molecule has 3 heterocycles. The fraction of sp³-hybridized carbons (Fsp3) is 0.450. The van der Waals surface area contributed by atoms with E-state index in [4.69, 9.17) is 0 Å². The van der Waals surface area contributed by atoms with Gasteiger partial charge in [0.05, 0.1) is 6.42 Å². The molecule has 5 heteroatoms. The van der Waals surface area contributed by atoms with Crippen molar-refractivity contribution < 1.29 is 4.79 Å². The number of carbonyl (C=O) groups is 1. The minimum absolute atomic E-state index is 0.00969. The highest BCUT2D eigenvalue weighted by Gasteiger charge is 2.14. The molecule has 0 aliphatic carbocycles. The summed E-state index contributed by atoms with van der Waals surface area (Å²) in [5.41, 5.74) is 2.01. The Kier molecular flexibility index (Phi) is 6.37. The van der Waals surface area contributed by atoms with E-state index in [9.17, 15) is 4.79 Å². The fourth-order valence-corrected chi connectivity index (χ4v) is 3.26. The highest BCUT2D eigenvalue weighted by atomic mass is 16.1. The Labute approximate surface area is 149 Å². The molecule has 0 saturated carbocycles. The number of pyridine rings is 2. The zero-order valence-corrected chi connectivity index (χ0v) is 14.7. The first-order valence-corrected chi connectivity index (χ1v) is 9.17. The monoisotopic (exact) mass is 338 g/mol. The Morgan fingerprint density at radius 2 is 1.80 bits per heavy atom. The first-order valence-electron chi connectivity index (χ1n) is 9.17. The van der Waals surface area contributed by atoms with E-state index in [0.717, 1.165) is 30.0 Å². The van der Waals surface area contributed by atoms with Crippen LogP contribution in [0.15, 0.2) is 42.9 Å². The summed E-state index contributed by atoms with van der Waals surface area (Å²) < 4.78 is 0. The van der Waals surface area contributed by atoms with E-state index in [1.54, 1.807) is 12.4 Å². The van der Waals surface area contributed by atoms with Crippen molar-refractivity contribution in [1.29, 1.82) is 0 Å². The van der Waals surface area contributed by atoms with Gasteiger partial charge in [-0.25, -0.2) is 4.98 Å². The van der Waals surface area contributed by atoms with Crippen LogP contribution in [-0.4, -0.2) is 29.0 Å². The van der Waals surface area contributed by atoms with Gasteiger partial charge in [0, 0.05) is 43.8 Å². The van der Waals surface area contributed by atoms with Gasteiger partial charge in [-0.1, -0.05) is 31.4 Å². The van der Waals surface area contributed by atoms with E-state index in [1.807, 2.05) is 24.4 Å². The average molecular weight is 338 g/mol. The summed E-state index contributed by atoms with van der Waals surface area (Å²) in [7, 11) is 0. The molecular formula is C20H26N4O. The molecule has 3 rings (SSSR count). The molecule has 1 amide bonds. The van der Waals surface area contributed by atoms with E-state index in [2.05, 4.69) is 26.3 Å². The molecule has 1 aliphatic rings. The summed E-state index contributed by atoms with van der Waals surface area (Å²) in [6.07, 6.45) is 12.0. The van der Waals surface area contributed by atoms with Gasteiger partial charge in [0.25, 0.3) is 0 Å². The quantitative estimate of drug-likeness (QED) is 0.910. The molecule has 0 spiro atoms. The number of nitrogens with one attached hydrogen (secondary N) is 1. The number of carbonyl (C=O) groups excluding carboxylic acids is 1. The summed E-state index contributed by atoms with van der Waals surface area (Å²) in [5, 5.41) is 3.02. The number of nitrogens with zero attached hydrogens (tertiary/aromatic N) is 3. The number of hydrogen-bond acceptors (Lipinski definition) is 4. The van der Waals surface area contributed by atoms with Crippen molar-refractivity contribution in [2.45, 2.75) is 45.1 Å². The van der Waals surface area contributed by atoms with Gasteiger partial charge in [-0.05, 0) is 30.5 Å². The highest BCUT2D eigenvalue weighted by Crippen LogP contribution is 2.21. The Morgan fingerprint density at radius 1 is 1.04 bits per heavy atom. The van der Waals surface area contributed by atoms with Crippen LogP contribution < -0.4 is 10.2 Å². The second-order valence-corrected chi connectivity index (χ2v) is 6.56. The number of amides is 1. The number of anilines is 1. The lowest BCUT2D eigenvalue weighted by Crippen LogP contribution is -2.31. The SMILES string of the molecule is O=C(Cc1cccnc1)NCc1cccnc1N1CCCCCCC1. The topological polar surface area (TPSA) is 58.1 Å². The smallest absolute Gasteiger partial charge is 0.224 e. The Bertz CT molecular complexity index is 666. The van der Waals surface area contributed by atoms with Gasteiger partial charge < -0.3 is 10.2 Å². The van der Waals surface area contributed by atoms with Crippen molar-refractivity contribution in [1.82, 2.24) is 15.3 Å². The van der Waals surface area contributed by atoms with Crippen LogP contribution in [0.5, 0.6) is 0 Å². The Hall–Kier alpha value is -2.43. The molecule has 0 atom stereocenters. The standard InChI is InChI=1S/C20H26N4O/c25-19(14-17-8-6-10-21-15-17)23-16-18-9-7-11-22-20(18)24-12-4-2-1-3-5-13-24/h6-11,15H,1-5,12-14,16H2,(H,23,25). The lowest BCUT2D eigenvalue weighted by Gasteiger charge is -2.27. The lowest BCUT2D eigenvalue weighted by atomic mass is 10.1. The minimum Gasteiger partial charge on any atom is -0.356 e. The van der Waals surface area contributed by atoms with E-state index in [1.165, 1.54) is 32.1 Å². The summed E-state index contributed by atoms with van der Waals surface area (Å²) in [4.78, 5) is 23.2. The Balaban J connectivity index is 1.61. The summed E-state index contributed by atoms with van der Waals surface area (Å²) in [6.45, 7) is 2.61. The van der Waals surface area contributed by atoms with Crippen LogP contribution in [0.4, 0.5) is 5.82 Å². The maximum absolute atomic E-state index is 12.2. The molecule has 5 nitrogen and oxygen atoms in total. The van der Waals surface area contributed by atoms with Gasteiger partial charge >= 0.3 is 0 Å². The molecule has 2 aromatic heterocycles. The van der Waals surface area contributed by atoms with Gasteiger partial charge in [-0.15, -0.1) is 0 Å². The fourth-order valence-electron chi connectivity index (χ4n) is 3.26. The molecule has 2 aromatic rings. The van der Waals surface area contributed by atoms with Crippen molar-refractivity contribution in [2.24, 2.45) is 0 Å². The predicted molar refractivity (Wildman–Crippen MR) is 99.3 cm³/mol. The van der Waals surface area contributed by atoms with Crippen LogP contribution in [0.3, 0.4) is 0 Å². The van der Waals surface area contributed by atoms with E-state index < -0.39 is 0 Å². The van der Waals surface area contributed by atoms with Gasteiger partial charge in [0.15, 0.2) is 0 Å². The first kappa shape index (κ1) is 17.4. The Morgan fingerprint density at radius 3 is 2.56 bits per heavy atom. The molecule has 1 N–H and O–H groups in total. The molecule has 0 unspecified atom stereocenters. The van der Waals surface area contributed by atoms with Gasteiger partial charge in [0.1, 0.15) is 5.82 Å². The van der Waals surface area contributed by atoms with Crippen LogP contribution in [-0.2, 0) is 17.8 Å². The molecule has 1 saturated heterocycles. The van der Waals surface area contributed by atoms with Crippen molar-refractivity contribution >= 4 is 11.7 Å². The van der Waals surface area contributed by atoms with Gasteiger partial charge in [-0.2, -0.15) is 0 Å². The number of rotatable bonds is 5. The summed E-state index contributed by atoms with van der Waals surface area (Å²) in [5.74, 6) is 1.03. The largest absolute Gasteiger partial charge is 0.356 e. The third kappa shape index (κ3) is 5.28. The minimum atomic E-state index is 0.00969. The second kappa shape index (κ2) is 9.16. The lowest BCUT2D eigenvalue weighted by molar-refractivity contribution is -0.120.